The molecule has 2 rings (SSSR count). The van der Waals surface area contributed by atoms with Crippen LogP contribution < -0.4 is 0 Å². The third-order valence-electron chi connectivity index (χ3n) is 1.29. The van der Waals surface area contributed by atoms with Gasteiger partial charge in [-0.25, -0.2) is 0 Å². The van der Waals surface area contributed by atoms with Crippen molar-refractivity contribution in [1.29, 1.82) is 0 Å². The third kappa shape index (κ3) is 0.953. The normalized spacial score (nSPS) is 30.3. The van der Waals surface area contributed by atoms with Crippen molar-refractivity contribution in [3.63, 3.8) is 0 Å². The van der Waals surface area contributed by atoms with Gasteiger partial charge in [0.1, 0.15) is 0 Å². The van der Waals surface area contributed by atoms with E-state index in [2.05, 4.69) is 17.2 Å². The van der Waals surface area contributed by atoms with Crippen LogP contribution >= 0.6 is 0 Å². The van der Waals surface area contributed by atoms with Crippen molar-refractivity contribution >= 4 is 7.55 Å². The number of rotatable bonds is 2. The summed E-state index contributed by atoms with van der Waals surface area (Å²) in [5, 5.41) is 0. The van der Waals surface area contributed by atoms with Crippen LogP contribution in [0.3, 0.4) is 0 Å². The molecule has 0 amide bonds. The van der Waals surface area contributed by atoms with E-state index in [4.69, 9.17) is 0 Å². The van der Waals surface area contributed by atoms with Crippen LogP contribution in [0, 0.1) is 0 Å². The van der Waals surface area contributed by atoms with Gasteiger partial charge in [-0.15, -0.1) is 0 Å². The molecule has 2 saturated heterocycles. The van der Waals surface area contributed by atoms with E-state index in [9.17, 15) is 0 Å². The lowest BCUT2D eigenvalue weighted by molar-refractivity contribution is 0.768. The molecular weight excluding hydrogens is 86.9 g/mol. The SMILES string of the molecule is [B](N1CC1)N1CC1. The molecule has 7 heavy (non-hydrogen) atoms. The Morgan fingerprint density at radius 1 is 0.857 bits per heavy atom. The molecule has 2 fully saturated rings. The Labute approximate surface area is 44.4 Å². The second-order valence-electron chi connectivity index (χ2n) is 2.19. The Balaban J connectivity index is 1.69. The molecule has 2 heterocycles. The first-order valence-electron chi connectivity index (χ1n) is 2.78. The number of hydrogen-bond acceptors (Lipinski definition) is 2. The molecule has 0 unspecified atom stereocenters. The first-order chi connectivity index (χ1) is 3.45. The van der Waals surface area contributed by atoms with Crippen LogP contribution in [0.2, 0.25) is 0 Å². The molecule has 2 aliphatic rings. The Morgan fingerprint density at radius 2 is 1.29 bits per heavy atom. The zero-order valence-corrected chi connectivity index (χ0v) is 4.30. The minimum atomic E-state index is 1.29. The van der Waals surface area contributed by atoms with E-state index in [1.165, 1.54) is 26.2 Å². The molecule has 37 valence electrons. The summed E-state index contributed by atoms with van der Waals surface area (Å²) in [5.41, 5.74) is 0. The van der Waals surface area contributed by atoms with Gasteiger partial charge in [0.2, 0.25) is 0 Å². The van der Waals surface area contributed by atoms with Crippen molar-refractivity contribution in [2.24, 2.45) is 0 Å². The summed E-state index contributed by atoms with van der Waals surface area (Å²) in [5.74, 6) is 0. The van der Waals surface area contributed by atoms with Gasteiger partial charge in [0.25, 0.3) is 0 Å². The molecular formula is C4H8BN2. The third-order valence-corrected chi connectivity index (χ3v) is 1.29. The summed E-state index contributed by atoms with van der Waals surface area (Å²) >= 11 is 0. The lowest BCUT2D eigenvalue weighted by Gasteiger charge is -1.91. The van der Waals surface area contributed by atoms with Crippen molar-refractivity contribution in [2.75, 3.05) is 26.2 Å². The zero-order valence-electron chi connectivity index (χ0n) is 4.30. The summed E-state index contributed by atoms with van der Waals surface area (Å²) in [4.78, 5) is 4.62. The fraction of sp³-hybridized carbons (Fsp3) is 1.00. The maximum absolute atomic E-state index is 2.31. The summed E-state index contributed by atoms with van der Waals surface area (Å²) < 4.78 is 0. The molecule has 0 aliphatic carbocycles. The highest BCUT2D eigenvalue weighted by atomic mass is 15.3. The van der Waals surface area contributed by atoms with Gasteiger partial charge < -0.3 is 9.62 Å². The van der Waals surface area contributed by atoms with E-state index in [0.29, 0.717) is 0 Å². The Morgan fingerprint density at radius 3 is 1.57 bits per heavy atom. The van der Waals surface area contributed by atoms with Crippen molar-refractivity contribution in [2.45, 2.75) is 0 Å². The highest BCUT2D eigenvalue weighted by molar-refractivity contribution is 6.30. The topological polar surface area (TPSA) is 6.02 Å². The average molecular weight is 94.9 g/mol. The van der Waals surface area contributed by atoms with Gasteiger partial charge in [-0.2, -0.15) is 0 Å². The molecule has 0 N–H and O–H groups in total. The molecule has 2 aliphatic heterocycles. The molecule has 0 aromatic carbocycles. The standard InChI is InChI=1S/C4H8BN2/c1-2-6(1)5-7-3-4-7/h1-4H2. The van der Waals surface area contributed by atoms with E-state index in [1.807, 2.05) is 0 Å². The van der Waals surface area contributed by atoms with Crippen molar-refractivity contribution in [3.05, 3.63) is 0 Å². The summed E-state index contributed by atoms with van der Waals surface area (Å²) in [6.45, 7) is 5.15. The Kier molecular flexibility index (Phi) is 0.691. The van der Waals surface area contributed by atoms with Gasteiger partial charge in [-0.3, -0.25) is 0 Å². The van der Waals surface area contributed by atoms with Gasteiger partial charge >= 0.3 is 7.55 Å². The highest BCUT2D eigenvalue weighted by Gasteiger charge is 2.27. The van der Waals surface area contributed by atoms with E-state index in [0.717, 1.165) is 0 Å². The summed E-state index contributed by atoms with van der Waals surface area (Å²) in [6, 6.07) is 0. The Bertz CT molecular complexity index is 67.8. The van der Waals surface area contributed by atoms with E-state index >= 15 is 0 Å². The quantitative estimate of drug-likeness (QED) is 0.325. The van der Waals surface area contributed by atoms with Crippen LogP contribution in [0.1, 0.15) is 0 Å². The fourth-order valence-corrected chi connectivity index (χ4v) is 0.577. The summed E-state index contributed by atoms with van der Waals surface area (Å²) in [7, 11) is 2.22. The molecule has 0 saturated carbocycles. The van der Waals surface area contributed by atoms with Crippen LogP contribution in [-0.4, -0.2) is 43.4 Å². The smallest absolute Gasteiger partial charge is 0.313 e. The van der Waals surface area contributed by atoms with Gasteiger partial charge in [0, 0.05) is 0 Å². The fourth-order valence-electron chi connectivity index (χ4n) is 0.577. The number of nitrogens with zero attached hydrogens (tertiary/aromatic N) is 2. The molecule has 0 spiro atoms. The molecule has 1 radical (unpaired) electrons. The van der Waals surface area contributed by atoms with Crippen molar-refractivity contribution in [3.8, 4) is 0 Å². The van der Waals surface area contributed by atoms with Gasteiger partial charge in [0.15, 0.2) is 0 Å². The van der Waals surface area contributed by atoms with Gasteiger partial charge in [0.05, 0.1) is 0 Å². The average Bonchev–Trinajstić information content (AvgIpc) is 2.33. The maximum Gasteiger partial charge on any atom is 0.313 e. The Hall–Kier alpha value is -0.0151. The van der Waals surface area contributed by atoms with Crippen LogP contribution in [0.4, 0.5) is 0 Å². The second-order valence-corrected chi connectivity index (χ2v) is 2.19. The molecule has 0 bridgehead atoms. The predicted octanol–water partition coefficient (Wildman–Crippen LogP) is -0.848. The maximum atomic E-state index is 2.31. The first kappa shape index (κ1) is 3.92. The van der Waals surface area contributed by atoms with Crippen LogP contribution in [0.15, 0.2) is 0 Å². The van der Waals surface area contributed by atoms with Crippen molar-refractivity contribution < 1.29 is 0 Å². The van der Waals surface area contributed by atoms with Gasteiger partial charge in [-0.05, 0) is 26.2 Å². The van der Waals surface area contributed by atoms with Crippen LogP contribution in [-0.2, 0) is 0 Å². The lowest BCUT2D eigenvalue weighted by atomic mass is 10.2. The summed E-state index contributed by atoms with van der Waals surface area (Å²) in [6.07, 6.45) is 0. The zero-order chi connectivity index (χ0) is 4.69. The monoisotopic (exact) mass is 95.1 g/mol. The second kappa shape index (κ2) is 1.23. The minimum absolute atomic E-state index is 1.29. The van der Waals surface area contributed by atoms with E-state index in [-0.39, 0.29) is 0 Å². The predicted molar refractivity (Wildman–Crippen MR) is 28.9 cm³/mol. The molecule has 0 atom stereocenters. The van der Waals surface area contributed by atoms with Crippen molar-refractivity contribution in [1.82, 2.24) is 9.62 Å². The largest absolute Gasteiger partial charge is 0.329 e. The van der Waals surface area contributed by atoms with Crippen LogP contribution in [0.5, 0.6) is 0 Å². The van der Waals surface area contributed by atoms with Crippen LogP contribution in [0.25, 0.3) is 0 Å². The molecule has 3 heteroatoms. The molecule has 2 nitrogen and oxygen atoms in total. The van der Waals surface area contributed by atoms with Gasteiger partial charge in [-0.1, -0.05) is 0 Å². The van der Waals surface area contributed by atoms with E-state index in [1.54, 1.807) is 0 Å². The lowest BCUT2D eigenvalue weighted by Crippen LogP contribution is -2.14. The minimum Gasteiger partial charge on any atom is -0.329 e. The van der Waals surface area contributed by atoms with E-state index < -0.39 is 0 Å². The molecule has 0 aromatic heterocycles. The number of hydrogen-bond donors (Lipinski definition) is 0. The first-order valence-corrected chi connectivity index (χ1v) is 2.78. The highest BCUT2D eigenvalue weighted by Crippen LogP contribution is 2.07. The molecule has 0 aromatic rings.